The van der Waals surface area contributed by atoms with Crippen LogP contribution in [0.5, 0.6) is 5.75 Å². The number of hydrogen-bond acceptors (Lipinski definition) is 5. The molecule has 2 aromatic rings. The summed E-state index contributed by atoms with van der Waals surface area (Å²) < 4.78 is 10.8. The highest BCUT2D eigenvalue weighted by molar-refractivity contribution is 6.05. The maximum absolute atomic E-state index is 12.5. The highest BCUT2D eigenvalue weighted by atomic mass is 16.5. The molecule has 0 aliphatic heterocycles. The molecule has 2 amide bonds. The van der Waals surface area contributed by atoms with Crippen LogP contribution < -0.4 is 15.4 Å². The lowest BCUT2D eigenvalue weighted by molar-refractivity contribution is -0.136. The van der Waals surface area contributed by atoms with Gasteiger partial charge in [0.1, 0.15) is 17.2 Å². The summed E-state index contributed by atoms with van der Waals surface area (Å²) in [6, 6.07) is 9.84. The standard InChI is InChI=1S/C21H24N2O6/c1-2-3-12-28-16-8-6-15(7-9-16)20(26)23-18(14-17-5-4-13-29-17)21(27)22-11-10-19(24)25/h4-9,13-14H,2-3,10-12H2,1H3,(H,22,27)(H,23,26)(H,24,25). The second-order valence-electron chi connectivity index (χ2n) is 6.15. The monoisotopic (exact) mass is 400 g/mol. The van der Waals surface area contributed by atoms with Gasteiger partial charge in [-0.2, -0.15) is 0 Å². The number of rotatable bonds is 11. The second kappa shape index (κ2) is 11.3. The van der Waals surface area contributed by atoms with Crippen molar-refractivity contribution in [2.75, 3.05) is 13.2 Å². The molecule has 8 nitrogen and oxygen atoms in total. The van der Waals surface area contributed by atoms with E-state index in [2.05, 4.69) is 17.6 Å². The quantitative estimate of drug-likeness (QED) is 0.394. The first kappa shape index (κ1) is 21.7. The van der Waals surface area contributed by atoms with Crippen molar-refractivity contribution in [3.63, 3.8) is 0 Å². The van der Waals surface area contributed by atoms with E-state index in [1.54, 1.807) is 36.4 Å². The van der Waals surface area contributed by atoms with Gasteiger partial charge in [0.15, 0.2) is 0 Å². The van der Waals surface area contributed by atoms with Gasteiger partial charge < -0.3 is 24.9 Å². The molecule has 154 valence electrons. The molecule has 1 aromatic heterocycles. The van der Waals surface area contributed by atoms with E-state index in [0.29, 0.717) is 23.7 Å². The minimum absolute atomic E-state index is 0.0568. The smallest absolute Gasteiger partial charge is 0.305 e. The van der Waals surface area contributed by atoms with Crippen LogP contribution in [0.1, 0.15) is 42.3 Å². The lowest BCUT2D eigenvalue weighted by Crippen LogP contribution is -2.35. The number of carbonyl (C=O) groups is 3. The summed E-state index contributed by atoms with van der Waals surface area (Å²) in [5.41, 5.74) is 0.287. The molecular weight excluding hydrogens is 376 g/mol. The lowest BCUT2D eigenvalue weighted by atomic mass is 10.2. The number of amides is 2. The van der Waals surface area contributed by atoms with E-state index in [0.717, 1.165) is 12.8 Å². The first-order valence-corrected chi connectivity index (χ1v) is 9.29. The highest BCUT2D eigenvalue weighted by Gasteiger charge is 2.15. The Hall–Kier alpha value is -3.55. The molecule has 2 rings (SSSR count). The second-order valence-corrected chi connectivity index (χ2v) is 6.15. The average molecular weight is 400 g/mol. The molecule has 8 heteroatoms. The zero-order valence-corrected chi connectivity index (χ0v) is 16.1. The molecule has 0 bridgehead atoms. The molecule has 0 radical (unpaired) electrons. The number of ether oxygens (including phenoxy) is 1. The van der Waals surface area contributed by atoms with E-state index in [1.165, 1.54) is 12.3 Å². The normalized spacial score (nSPS) is 11.0. The topological polar surface area (TPSA) is 118 Å². The van der Waals surface area contributed by atoms with Crippen molar-refractivity contribution >= 4 is 23.9 Å². The molecule has 0 aliphatic carbocycles. The number of benzene rings is 1. The van der Waals surface area contributed by atoms with E-state index in [-0.39, 0.29) is 18.7 Å². The zero-order valence-electron chi connectivity index (χ0n) is 16.1. The molecule has 0 aliphatic rings. The van der Waals surface area contributed by atoms with Gasteiger partial charge in [0, 0.05) is 18.2 Å². The summed E-state index contributed by atoms with van der Waals surface area (Å²) >= 11 is 0. The minimum atomic E-state index is -1.04. The number of furan rings is 1. The number of carboxylic acids is 1. The Labute approximate surface area is 168 Å². The zero-order chi connectivity index (χ0) is 21.1. The lowest BCUT2D eigenvalue weighted by Gasteiger charge is -2.11. The fourth-order valence-corrected chi connectivity index (χ4v) is 2.28. The molecule has 0 unspecified atom stereocenters. The Kier molecular flexibility index (Phi) is 8.50. The van der Waals surface area contributed by atoms with Gasteiger partial charge in [-0.15, -0.1) is 0 Å². The van der Waals surface area contributed by atoms with Gasteiger partial charge in [-0.3, -0.25) is 14.4 Å². The van der Waals surface area contributed by atoms with Crippen molar-refractivity contribution in [3.8, 4) is 5.75 Å². The van der Waals surface area contributed by atoms with E-state index >= 15 is 0 Å². The van der Waals surface area contributed by atoms with Crippen LogP contribution in [0.3, 0.4) is 0 Å². The highest BCUT2D eigenvalue weighted by Crippen LogP contribution is 2.14. The van der Waals surface area contributed by atoms with E-state index < -0.39 is 17.8 Å². The van der Waals surface area contributed by atoms with Gasteiger partial charge >= 0.3 is 5.97 Å². The number of unbranched alkanes of at least 4 members (excludes halogenated alkanes) is 1. The van der Waals surface area contributed by atoms with E-state index in [9.17, 15) is 14.4 Å². The molecule has 29 heavy (non-hydrogen) atoms. The molecule has 1 aromatic carbocycles. The molecule has 0 atom stereocenters. The molecular formula is C21H24N2O6. The van der Waals surface area contributed by atoms with Crippen LogP contribution in [-0.2, 0) is 9.59 Å². The summed E-state index contributed by atoms with van der Waals surface area (Å²) in [5, 5.41) is 13.7. The fraction of sp³-hybridized carbons (Fsp3) is 0.286. The molecule has 0 fully saturated rings. The molecule has 0 saturated heterocycles. The third kappa shape index (κ3) is 7.53. The van der Waals surface area contributed by atoms with Crippen LogP contribution in [-0.4, -0.2) is 36.0 Å². The third-order valence-electron chi connectivity index (χ3n) is 3.83. The summed E-state index contributed by atoms with van der Waals surface area (Å²) in [6.45, 7) is 2.61. The van der Waals surface area contributed by atoms with Gasteiger partial charge in [-0.1, -0.05) is 13.3 Å². The first-order valence-electron chi connectivity index (χ1n) is 9.29. The van der Waals surface area contributed by atoms with Crippen molar-refractivity contribution in [2.45, 2.75) is 26.2 Å². The van der Waals surface area contributed by atoms with Crippen molar-refractivity contribution in [3.05, 3.63) is 59.7 Å². The summed E-state index contributed by atoms with van der Waals surface area (Å²) in [5.74, 6) is -1.11. The number of carbonyl (C=O) groups excluding carboxylic acids is 2. The number of carboxylic acid groups (broad SMARTS) is 1. The summed E-state index contributed by atoms with van der Waals surface area (Å²) in [7, 11) is 0. The first-order chi connectivity index (χ1) is 14.0. The van der Waals surface area contributed by atoms with Gasteiger partial charge in [0.25, 0.3) is 11.8 Å². The van der Waals surface area contributed by atoms with Crippen LogP contribution in [0.2, 0.25) is 0 Å². The predicted molar refractivity (Wildman–Crippen MR) is 106 cm³/mol. The van der Waals surface area contributed by atoms with Crippen LogP contribution in [0.15, 0.2) is 52.8 Å². The number of nitrogens with one attached hydrogen (secondary N) is 2. The number of aliphatic carboxylic acids is 1. The Morgan fingerprint density at radius 3 is 2.55 bits per heavy atom. The SMILES string of the molecule is CCCCOc1ccc(C(=O)NC(=Cc2ccco2)C(=O)NCCC(=O)O)cc1. The Balaban J connectivity index is 2.06. The van der Waals surface area contributed by atoms with Gasteiger partial charge in [0.2, 0.25) is 0 Å². The molecule has 3 N–H and O–H groups in total. The predicted octanol–water partition coefficient (Wildman–Crippen LogP) is 2.82. The summed E-state index contributed by atoms with van der Waals surface area (Å²) in [4.78, 5) is 35.5. The van der Waals surface area contributed by atoms with Crippen molar-refractivity contribution < 1.29 is 28.6 Å². The fourth-order valence-electron chi connectivity index (χ4n) is 2.28. The molecule has 1 heterocycles. The Bertz CT molecular complexity index is 841. The molecule has 0 saturated carbocycles. The van der Waals surface area contributed by atoms with E-state index in [1.807, 2.05) is 0 Å². The van der Waals surface area contributed by atoms with Crippen molar-refractivity contribution in [1.29, 1.82) is 0 Å². The maximum Gasteiger partial charge on any atom is 0.305 e. The van der Waals surface area contributed by atoms with Crippen LogP contribution in [0.4, 0.5) is 0 Å². The van der Waals surface area contributed by atoms with Crippen LogP contribution >= 0.6 is 0 Å². The van der Waals surface area contributed by atoms with Gasteiger partial charge in [-0.05, 0) is 42.8 Å². The van der Waals surface area contributed by atoms with Crippen LogP contribution in [0, 0.1) is 0 Å². The average Bonchev–Trinajstić information content (AvgIpc) is 3.21. The maximum atomic E-state index is 12.5. The number of hydrogen-bond donors (Lipinski definition) is 3. The van der Waals surface area contributed by atoms with Crippen molar-refractivity contribution in [1.82, 2.24) is 10.6 Å². The Morgan fingerprint density at radius 2 is 1.93 bits per heavy atom. The van der Waals surface area contributed by atoms with Gasteiger partial charge in [0.05, 0.1) is 19.3 Å². The minimum Gasteiger partial charge on any atom is -0.494 e. The van der Waals surface area contributed by atoms with E-state index in [4.69, 9.17) is 14.3 Å². The van der Waals surface area contributed by atoms with Crippen LogP contribution in [0.25, 0.3) is 6.08 Å². The Morgan fingerprint density at radius 1 is 1.17 bits per heavy atom. The summed E-state index contributed by atoms with van der Waals surface area (Å²) in [6.07, 6.45) is 4.55. The third-order valence-corrected chi connectivity index (χ3v) is 3.83. The van der Waals surface area contributed by atoms with Crippen molar-refractivity contribution in [2.24, 2.45) is 0 Å². The molecule has 0 spiro atoms. The largest absolute Gasteiger partial charge is 0.494 e. The van der Waals surface area contributed by atoms with Gasteiger partial charge in [-0.25, -0.2) is 0 Å².